The van der Waals surface area contributed by atoms with Gasteiger partial charge in [-0.05, 0) is 38.3 Å². The number of carbonyl (C=O) groups is 1. The lowest BCUT2D eigenvalue weighted by Gasteiger charge is -2.32. The van der Waals surface area contributed by atoms with E-state index in [2.05, 4.69) is 30.3 Å². The smallest absolute Gasteiger partial charge is 0.263 e. The highest BCUT2D eigenvalue weighted by atomic mass is 16.5. The third-order valence-corrected chi connectivity index (χ3v) is 4.68. The Labute approximate surface area is 150 Å². The summed E-state index contributed by atoms with van der Waals surface area (Å²) in [5.41, 5.74) is 2.29. The predicted octanol–water partition coefficient (Wildman–Crippen LogP) is 2.48. The maximum Gasteiger partial charge on any atom is 0.263 e. The fourth-order valence-corrected chi connectivity index (χ4v) is 3.30. The van der Waals surface area contributed by atoms with Gasteiger partial charge in [-0.15, -0.1) is 0 Å². The lowest BCUT2D eigenvalue weighted by atomic mass is 9.97. The molecule has 1 aliphatic heterocycles. The molecular weight excluding hydrogens is 332 g/mol. The number of amides is 1. The summed E-state index contributed by atoms with van der Waals surface area (Å²) in [7, 11) is 0. The molecule has 0 saturated carbocycles. The molecule has 8 heteroatoms. The van der Waals surface area contributed by atoms with Crippen LogP contribution in [-0.4, -0.2) is 39.1 Å². The van der Waals surface area contributed by atoms with Gasteiger partial charge in [0, 0.05) is 19.3 Å². The number of aromatic nitrogens is 4. The molecule has 134 valence electrons. The number of nitrogens with zero attached hydrogens (tertiary/aromatic N) is 5. The highest BCUT2D eigenvalue weighted by Gasteiger charge is 2.28. The van der Waals surface area contributed by atoms with E-state index in [0.717, 1.165) is 41.8 Å². The number of pyridine rings is 1. The minimum atomic E-state index is -0.128. The van der Waals surface area contributed by atoms with Crippen LogP contribution in [0.3, 0.4) is 0 Å². The van der Waals surface area contributed by atoms with Crippen molar-refractivity contribution in [3.8, 4) is 0 Å². The first kappa shape index (κ1) is 16.4. The van der Waals surface area contributed by atoms with Crippen molar-refractivity contribution in [2.45, 2.75) is 26.7 Å². The van der Waals surface area contributed by atoms with Gasteiger partial charge in [0.25, 0.3) is 5.71 Å². The molecule has 1 amide bonds. The minimum absolute atomic E-state index is 0.0154. The molecule has 3 aromatic rings. The van der Waals surface area contributed by atoms with E-state index in [-0.39, 0.29) is 11.8 Å². The summed E-state index contributed by atoms with van der Waals surface area (Å²) in [6.45, 7) is 5.26. The molecule has 4 rings (SSSR count). The zero-order valence-electron chi connectivity index (χ0n) is 14.8. The maximum absolute atomic E-state index is 12.7. The zero-order valence-corrected chi connectivity index (χ0v) is 14.8. The molecule has 3 aromatic heterocycles. The predicted molar refractivity (Wildman–Crippen MR) is 96.9 cm³/mol. The van der Waals surface area contributed by atoms with Crippen LogP contribution in [0.5, 0.6) is 0 Å². The van der Waals surface area contributed by atoms with Crippen molar-refractivity contribution in [2.75, 3.05) is 23.3 Å². The van der Waals surface area contributed by atoms with E-state index < -0.39 is 0 Å². The average molecular weight is 352 g/mol. The molecule has 0 aliphatic carbocycles. The zero-order chi connectivity index (χ0) is 18.1. The first-order valence-corrected chi connectivity index (χ1v) is 8.67. The van der Waals surface area contributed by atoms with Crippen LogP contribution in [0.2, 0.25) is 0 Å². The van der Waals surface area contributed by atoms with Gasteiger partial charge in [-0.25, -0.2) is 9.97 Å². The van der Waals surface area contributed by atoms with E-state index in [9.17, 15) is 4.79 Å². The monoisotopic (exact) mass is 352 g/mol. The van der Waals surface area contributed by atoms with E-state index in [0.29, 0.717) is 18.1 Å². The number of hydrogen-bond acceptors (Lipinski definition) is 7. The largest absolute Gasteiger partial charge is 0.355 e. The Morgan fingerprint density at radius 2 is 2.15 bits per heavy atom. The summed E-state index contributed by atoms with van der Waals surface area (Å²) >= 11 is 0. The molecule has 26 heavy (non-hydrogen) atoms. The molecule has 8 nitrogen and oxygen atoms in total. The summed E-state index contributed by atoms with van der Waals surface area (Å²) in [5, 5.41) is 7.70. The number of hydrogen-bond donors (Lipinski definition) is 1. The van der Waals surface area contributed by atoms with Crippen molar-refractivity contribution >= 4 is 28.6 Å². The fraction of sp³-hybridized carbons (Fsp3) is 0.389. The van der Waals surface area contributed by atoms with E-state index in [1.54, 1.807) is 6.20 Å². The Kier molecular flexibility index (Phi) is 4.24. The lowest BCUT2D eigenvalue weighted by molar-refractivity contribution is -0.120. The van der Waals surface area contributed by atoms with E-state index in [1.807, 2.05) is 26.0 Å². The van der Waals surface area contributed by atoms with E-state index >= 15 is 0 Å². The fourth-order valence-electron chi connectivity index (χ4n) is 3.30. The molecule has 0 radical (unpaired) electrons. The number of rotatable bonds is 3. The van der Waals surface area contributed by atoms with Gasteiger partial charge >= 0.3 is 0 Å². The quantitative estimate of drug-likeness (QED) is 0.773. The topological polar surface area (TPSA) is 97.0 Å². The molecule has 0 spiro atoms. The molecule has 1 fully saturated rings. The highest BCUT2D eigenvalue weighted by Crippen LogP contribution is 2.29. The summed E-state index contributed by atoms with van der Waals surface area (Å²) in [5.74, 6) is 1.21. The molecule has 0 aromatic carbocycles. The molecule has 4 heterocycles. The molecule has 1 N–H and O–H groups in total. The standard InChI is InChI=1S/C18H20N6O2/c1-11-5-6-14(19-8-11)22-17(25)13-4-3-7-24(9-13)16-15-12(2)23-26-18(15)21-10-20-16/h5-6,8,10,13H,3-4,7,9H2,1-2H3,(H,19,22,25)/t13-/m1/s1. The second-order valence-corrected chi connectivity index (χ2v) is 6.64. The number of anilines is 2. The van der Waals surface area contributed by atoms with Crippen molar-refractivity contribution in [3.05, 3.63) is 35.9 Å². The molecule has 1 aliphatic rings. The third-order valence-electron chi connectivity index (χ3n) is 4.68. The van der Waals surface area contributed by atoms with Gasteiger partial charge in [-0.1, -0.05) is 11.2 Å². The van der Waals surface area contributed by atoms with Crippen molar-refractivity contribution in [1.82, 2.24) is 20.1 Å². The van der Waals surface area contributed by atoms with Crippen LogP contribution in [0.25, 0.3) is 11.1 Å². The Balaban J connectivity index is 1.52. The van der Waals surface area contributed by atoms with Crippen LogP contribution in [0.15, 0.2) is 29.2 Å². The lowest BCUT2D eigenvalue weighted by Crippen LogP contribution is -2.41. The SMILES string of the molecule is Cc1ccc(NC(=O)[C@@H]2CCCN(c3ncnc4onc(C)c34)C2)nc1. The maximum atomic E-state index is 12.7. The number of aryl methyl sites for hydroxylation is 2. The second kappa shape index (κ2) is 6.70. The first-order valence-electron chi connectivity index (χ1n) is 8.67. The average Bonchev–Trinajstić information content (AvgIpc) is 3.05. The number of nitrogens with one attached hydrogen (secondary N) is 1. The third kappa shape index (κ3) is 3.10. The highest BCUT2D eigenvalue weighted by molar-refractivity contribution is 5.93. The molecule has 1 saturated heterocycles. The normalized spacial score (nSPS) is 17.5. The Morgan fingerprint density at radius 3 is 2.96 bits per heavy atom. The minimum Gasteiger partial charge on any atom is -0.355 e. The summed E-state index contributed by atoms with van der Waals surface area (Å²) < 4.78 is 5.23. The van der Waals surface area contributed by atoms with Crippen LogP contribution in [0.1, 0.15) is 24.1 Å². The summed E-state index contributed by atoms with van der Waals surface area (Å²) in [6, 6.07) is 3.75. The van der Waals surface area contributed by atoms with Crippen molar-refractivity contribution in [2.24, 2.45) is 5.92 Å². The van der Waals surface area contributed by atoms with Crippen LogP contribution in [0, 0.1) is 19.8 Å². The van der Waals surface area contributed by atoms with Gasteiger partial charge in [0.1, 0.15) is 23.3 Å². The summed E-state index contributed by atoms with van der Waals surface area (Å²) in [6.07, 6.45) is 4.97. The van der Waals surface area contributed by atoms with E-state index in [1.165, 1.54) is 6.33 Å². The van der Waals surface area contributed by atoms with E-state index in [4.69, 9.17) is 4.52 Å². The molecule has 1 atom stereocenters. The van der Waals surface area contributed by atoms with Gasteiger partial charge in [-0.3, -0.25) is 4.79 Å². The molecular formula is C18H20N6O2. The van der Waals surface area contributed by atoms with Gasteiger partial charge < -0.3 is 14.7 Å². The number of carbonyl (C=O) groups excluding carboxylic acids is 1. The van der Waals surface area contributed by atoms with Crippen LogP contribution in [0.4, 0.5) is 11.6 Å². The first-order chi connectivity index (χ1) is 12.6. The Hall–Kier alpha value is -3.03. The van der Waals surface area contributed by atoms with Crippen LogP contribution < -0.4 is 10.2 Å². The summed E-state index contributed by atoms with van der Waals surface area (Å²) in [4.78, 5) is 27.6. The van der Waals surface area contributed by atoms with Crippen molar-refractivity contribution in [3.63, 3.8) is 0 Å². The molecule has 0 bridgehead atoms. The van der Waals surface area contributed by atoms with Crippen LogP contribution in [-0.2, 0) is 4.79 Å². The second-order valence-electron chi connectivity index (χ2n) is 6.64. The number of piperidine rings is 1. The van der Waals surface area contributed by atoms with Gasteiger partial charge in [0.2, 0.25) is 5.91 Å². The molecule has 0 unspecified atom stereocenters. The van der Waals surface area contributed by atoms with Gasteiger partial charge in [0.15, 0.2) is 0 Å². The van der Waals surface area contributed by atoms with Crippen molar-refractivity contribution in [1.29, 1.82) is 0 Å². The Bertz CT molecular complexity index is 937. The van der Waals surface area contributed by atoms with Crippen molar-refractivity contribution < 1.29 is 9.32 Å². The number of fused-ring (bicyclic) bond motifs is 1. The van der Waals surface area contributed by atoms with Gasteiger partial charge in [0.05, 0.1) is 11.6 Å². The van der Waals surface area contributed by atoms with Crippen LogP contribution >= 0.6 is 0 Å². The van der Waals surface area contributed by atoms with Gasteiger partial charge in [-0.2, -0.15) is 4.98 Å². The Morgan fingerprint density at radius 1 is 1.27 bits per heavy atom.